The molecule has 2 nitrogen and oxygen atoms in total. The maximum absolute atomic E-state index is 11.0. The standard InChI is InChI=1S/C11H12BrClO2/c1-11(2,10(14)15)6-7-5-8(13)3-4-9(7)12/h3-5H,6H2,1-2H3,(H,14,15). The van der Waals surface area contributed by atoms with Crippen molar-refractivity contribution in [1.29, 1.82) is 0 Å². The monoisotopic (exact) mass is 290 g/mol. The van der Waals surface area contributed by atoms with Crippen LogP contribution < -0.4 is 0 Å². The Labute approximate surface area is 102 Å². The van der Waals surface area contributed by atoms with E-state index in [1.165, 1.54) is 0 Å². The molecule has 0 saturated carbocycles. The van der Waals surface area contributed by atoms with Crippen LogP contribution in [0.15, 0.2) is 22.7 Å². The van der Waals surface area contributed by atoms with E-state index in [9.17, 15) is 4.79 Å². The van der Waals surface area contributed by atoms with Gasteiger partial charge >= 0.3 is 5.97 Å². The molecule has 0 aliphatic heterocycles. The molecule has 4 heteroatoms. The number of benzene rings is 1. The highest BCUT2D eigenvalue weighted by molar-refractivity contribution is 9.10. The van der Waals surface area contributed by atoms with Crippen LogP contribution >= 0.6 is 27.5 Å². The molecule has 0 atom stereocenters. The Morgan fingerprint density at radius 3 is 2.67 bits per heavy atom. The fourth-order valence-electron chi connectivity index (χ4n) is 1.23. The number of aliphatic carboxylic acids is 1. The molecule has 1 aromatic rings. The number of carbonyl (C=O) groups is 1. The van der Waals surface area contributed by atoms with Crippen LogP contribution in [-0.2, 0) is 11.2 Å². The van der Waals surface area contributed by atoms with Gasteiger partial charge in [-0.2, -0.15) is 0 Å². The van der Waals surface area contributed by atoms with Crippen molar-refractivity contribution in [3.63, 3.8) is 0 Å². The lowest BCUT2D eigenvalue weighted by Gasteiger charge is -2.19. The molecule has 0 unspecified atom stereocenters. The average Bonchev–Trinajstić information content (AvgIpc) is 2.10. The van der Waals surface area contributed by atoms with E-state index in [-0.39, 0.29) is 0 Å². The highest BCUT2D eigenvalue weighted by atomic mass is 79.9. The second-order valence-corrected chi connectivity index (χ2v) is 5.39. The van der Waals surface area contributed by atoms with Gasteiger partial charge in [0.1, 0.15) is 0 Å². The SMILES string of the molecule is CC(C)(Cc1cc(Cl)ccc1Br)C(=O)O. The number of hydrogen-bond donors (Lipinski definition) is 1. The molecule has 0 aromatic heterocycles. The predicted octanol–water partition coefficient (Wildman–Crippen LogP) is 3.76. The zero-order valence-corrected chi connectivity index (χ0v) is 10.9. The van der Waals surface area contributed by atoms with Crippen molar-refractivity contribution in [1.82, 2.24) is 0 Å². The minimum absolute atomic E-state index is 0.448. The number of hydrogen-bond acceptors (Lipinski definition) is 1. The Bertz CT molecular complexity index is 388. The number of carboxylic acid groups (broad SMARTS) is 1. The lowest BCUT2D eigenvalue weighted by Crippen LogP contribution is -2.26. The summed E-state index contributed by atoms with van der Waals surface area (Å²) < 4.78 is 0.890. The molecule has 1 rings (SSSR count). The molecule has 0 saturated heterocycles. The Kier molecular flexibility index (Phi) is 3.79. The molecule has 0 bridgehead atoms. The summed E-state index contributed by atoms with van der Waals surface area (Å²) in [5.74, 6) is -0.811. The van der Waals surface area contributed by atoms with Crippen LogP contribution in [0.3, 0.4) is 0 Å². The first-order valence-corrected chi connectivity index (χ1v) is 5.67. The molecular weight excluding hydrogens is 279 g/mol. The summed E-state index contributed by atoms with van der Waals surface area (Å²) in [6.07, 6.45) is 0.448. The Hall–Kier alpha value is -0.540. The number of rotatable bonds is 3. The van der Waals surface area contributed by atoms with E-state index in [0.717, 1.165) is 10.0 Å². The molecule has 82 valence electrons. The maximum atomic E-state index is 11.0. The van der Waals surface area contributed by atoms with Crippen LogP contribution in [0.4, 0.5) is 0 Å². The summed E-state index contributed by atoms with van der Waals surface area (Å²) >= 11 is 9.24. The lowest BCUT2D eigenvalue weighted by atomic mass is 9.86. The summed E-state index contributed by atoms with van der Waals surface area (Å²) in [7, 11) is 0. The van der Waals surface area contributed by atoms with Gasteiger partial charge in [-0.3, -0.25) is 4.79 Å². The molecule has 0 radical (unpaired) electrons. The van der Waals surface area contributed by atoms with Crippen LogP contribution in [0.25, 0.3) is 0 Å². The van der Waals surface area contributed by atoms with Crippen LogP contribution in [-0.4, -0.2) is 11.1 Å². The third-order valence-electron chi connectivity index (χ3n) is 2.22. The Morgan fingerprint density at radius 2 is 2.13 bits per heavy atom. The quantitative estimate of drug-likeness (QED) is 0.921. The first-order chi connectivity index (χ1) is 6.83. The van der Waals surface area contributed by atoms with Crippen LogP contribution in [0.2, 0.25) is 5.02 Å². The third-order valence-corrected chi connectivity index (χ3v) is 3.23. The first kappa shape index (κ1) is 12.5. The highest BCUT2D eigenvalue weighted by Crippen LogP contribution is 2.28. The third kappa shape index (κ3) is 3.21. The zero-order chi connectivity index (χ0) is 11.6. The maximum Gasteiger partial charge on any atom is 0.309 e. The fraction of sp³-hybridized carbons (Fsp3) is 0.364. The van der Waals surface area contributed by atoms with E-state index in [1.807, 2.05) is 6.07 Å². The van der Waals surface area contributed by atoms with Crippen molar-refractivity contribution in [2.75, 3.05) is 0 Å². The van der Waals surface area contributed by atoms with E-state index >= 15 is 0 Å². The summed E-state index contributed by atoms with van der Waals surface area (Å²) in [6, 6.07) is 5.38. The van der Waals surface area contributed by atoms with E-state index in [0.29, 0.717) is 11.4 Å². The summed E-state index contributed by atoms with van der Waals surface area (Å²) in [4.78, 5) is 11.0. The summed E-state index contributed by atoms with van der Waals surface area (Å²) in [6.45, 7) is 3.39. The molecular formula is C11H12BrClO2. The Morgan fingerprint density at radius 1 is 1.53 bits per heavy atom. The van der Waals surface area contributed by atoms with Gasteiger partial charge in [0.2, 0.25) is 0 Å². The molecule has 0 amide bonds. The minimum Gasteiger partial charge on any atom is -0.481 e. The molecule has 0 aliphatic rings. The van der Waals surface area contributed by atoms with E-state index in [4.69, 9.17) is 16.7 Å². The van der Waals surface area contributed by atoms with Crippen molar-refractivity contribution in [2.24, 2.45) is 5.41 Å². The molecule has 15 heavy (non-hydrogen) atoms. The van der Waals surface area contributed by atoms with Crippen molar-refractivity contribution in [2.45, 2.75) is 20.3 Å². The van der Waals surface area contributed by atoms with Gasteiger partial charge in [-0.25, -0.2) is 0 Å². The minimum atomic E-state index is -0.811. The van der Waals surface area contributed by atoms with Gasteiger partial charge in [0.25, 0.3) is 0 Å². The average molecular weight is 292 g/mol. The number of carboxylic acids is 1. The van der Waals surface area contributed by atoms with Gasteiger partial charge in [0, 0.05) is 9.50 Å². The fourth-order valence-corrected chi connectivity index (χ4v) is 1.81. The predicted molar refractivity (Wildman–Crippen MR) is 64.3 cm³/mol. The normalized spacial score (nSPS) is 11.5. The summed E-state index contributed by atoms with van der Waals surface area (Å²) in [5.41, 5.74) is 0.127. The van der Waals surface area contributed by atoms with Crippen molar-refractivity contribution < 1.29 is 9.90 Å². The zero-order valence-electron chi connectivity index (χ0n) is 8.55. The molecule has 0 aliphatic carbocycles. The van der Waals surface area contributed by atoms with Crippen LogP contribution in [0, 0.1) is 5.41 Å². The molecule has 0 spiro atoms. The topological polar surface area (TPSA) is 37.3 Å². The van der Waals surface area contributed by atoms with Gasteiger partial charge in [0.15, 0.2) is 0 Å². The van der Waals surface area contributed by atoms with Gasteiger partial charge in [0.05, 0.1) is 5.41 Å². The van der Waals surface area contributed by atoms with E-state index in [2.05, 4.69) is 15.9 Å². The number of halogens is 2. The van der Waals surface area contributed by atoms with Crippen molar-refractivity contribution in [3.05, 3.63) is 33.3 Å². The van der Waals surface area contributed by atoms with Gasteiger partial charge in [-0.15, -0.1) is 0 Å². The first-order valence-electron chi connectivity index (χ1n) is 4.50. The highest BCUT2D eigenvalue weighted by Gasteiger charge is 2.28. The van der Waals surface area contributed by atoms with E-state index in [1.54, 1.807) is 26.0 Å². The van der Waals surface area contributed by atoms with Gasteiger partial charge < -0.3 is 5.11 Å². The smallest absolute Gasteiger partial charge is 0.309 e. The largest absolute Gasteiger partial charge is 0.481 e. The van der Waals surface area contributed by atoms with Crippen molar-refractivity contribution in [3.8, 4) is 0 Å². The molecule has 1 aromatic carbocycles. The second-order valence-electron chi connectivity index (χ2n) is 4.10. The summed E-state index contributed by atoms with van der Waals surface area (Å²) in [5, 5.41) is 9.63. The van der Waals surface area contributed by atoms with Gasteiger partial charge in [-0.1, -0.05) is 27.5 Å². The van der Waals surface area contributed by atoms with Gasteiger partial charge in [-0.05, 0) is 44.0 Å². The molecule has 1 N–H and O–H groups in total. The molecule has 0 fully saturated rings. The Balaban J connectivity index is 2.99. The van der Waals surface area contributed by atoms with Crippen LogP contribution in [0.1, 0.15) is 19.4 Å². The van der Waals surface area contributed by atoms with E-state index < -0.39 is 11.4 Å². The van der Waals surface area contributed by atoms with Crippen molar-refractivity contribution >= 4 is 33.5 Å². The second kappa shape index (κ2) is 4.54. The lowest BCUT2D eigenvalue weighted by molar-refractivity contribution is -0.146. The van der Waals surface area contributed by atoms with Crippen LogP contribution in [0.5, 0.6) is 0 Å². The molecule has 0 heterocycles.